The second-order valence-electron chi connectivity index (χ2n) is 9.84. The van der Waals surface area contributed by atoms with E-state index >= 15 is 0 Å². The van der Waals surface area contributed by atoms with Crippen molar-refractivity contribution in [3.63, 3.8) is 0 Å². The van der Waals surface area contributed by atoms with E-state index in [0.717, 1.165) is 24.1 Å². The number of hydrogen-bond acceptors (Lipinski definition) is 4. The third-order valence-corrected chi connectivity index (χ3v) is 6.27. The highest BCUT2D eigenvalue weighted by Gasteiger charge is 2.51. The number of hydrogen-bond donors (Lipinski definition) is 2. The zero-order chi connectivity index (χ0) is 21.5. The van der Waals surface area contributed by atoms with Crippen molar-refractivity contribution >= 4 is 23.2 Å². The van der Waals surface area contributed by atoms with Crippen LogP contribution in [0.25, 0.3) is 0 Å². The molecule has 2 amide bonds. The molecule has 30 heavy (non-hydrogen) atoms. The van der Waals surface area contributed by atoms with Crippen molar-refractivity contribution in [2.45, 2.75) is 47.1 Å². The Morgan fingerprint density at radius 2 is 1.40 bits per heavy atom. The van der Waals surface area contributed by atoms with Crippen LogP contribution in [0.15, 0.2) is 42.6 Å². The van der Waals surface area contributed by atoms with Crippen LogP contribution in [0, 0.1) is 22.7 Å². The second-order valence-corrected chi connectivity index (χ2v) is 9.84. The Labute approximate surface area is 177 Å². The lowest BCUT2D eigenvalue weighted by atomic mass is 10.1. The third kappa shape index (κ3) is 4.64. The van der Waals surface area contributed by atoms with Crippen molar-refractivity contribution in [3.8, 4) is 5.88 Å². The Kier molecular flexibility index (Phi) is 5.04. The SMILES string of the molecule is CC1(C)CC1C(=O)Nc1ccc(COc2ccc(NC(=O)C3CC3(C)C)cn2)cc1. The summed E-state index contributed by atoms with van der Waals surface area (Å²) in [4.78, 5) is 28.6. The quantitative estimate of drug-likeness (QED) is 0.701. The molecule has 1 aromatic carbocycles. The van der Waals surface area contributed by atoms with E-state index in [1.165, 1.54) is 0 Å². The molecule has 2 N–H and O–H groups in total. The van der Waals surface area contributed by atoms with Crippen molar-refractivity contribution in [2.24, 2.45) is 22.7 Å². The summed E-state index contributed by atoms with van der Waals surface area (Å²) in [5.74, 6) is 0.818. The van der Waals surface area contributed by atoms with Crippen LogP contribution >= 0.6 is 0 Å². The summed E-state index contributed by atoms with van der Waals surface area (Å²) in [6, 6.07) is 11.2. The summed E-state index contributed by atoms with van der Waals surface area (Å²) >= 11 is 0. The predicted octanol–water partition coefficient (Wildman–Crippen LogP) is 4.63. The number of amides is 2. The molecule has 1 aromatic heterocycles. The van der Waals surface area contributed by atoms with Crippen molar-refractivity contribution in [1.29, 1.82) is 0 Å². The molecule has 6 nitrogen and oxygen atoms in total. The van der Waals surface area contributed by atoms with Crippen molar-refractivity contribution in [2.75, 3.05) is 10.6 Å². The van der Waals surface area contributed by atoms with Crippen LogP contribution in [0.4, 0.5) is 11.4 Å². The number of ether oxygens (including phenoxy) is 1. The first-order valence-corrected chi connectivity index (χ1v) is 10.4. The van der Waals surface area contributed by atoms with Crippen LogP contribution in [0.3, 0.4) is 0 Å². The fraction of sp³-hybridized carbons (Fsp3) is 0.458. The van der Waals surface area contributed by atoms with E-state index in [9.17, 15) is 9.59 Å². The van der Waals surface area contributed by atoms with E-state index in [-0.39, 0.29) is 34.5 Å². The number of aromatic nitrogens is 1. The molecule has 2 aliphatic carbocycles. The average Bonchev–Trinajstić information content (AvgIpc) is 3.55. The van der Waals surface area contributed by atoms with Gasteiger partial charge >= 0.3 is 0 Å². The second kappa shape index (κ2) is 7.42. The maximum Gasteiger partial charge on any atom is 0.228 e. The lowest BCUT2D eigenvalue weighted by Crippen LogP contribution is -2.16. The van der Waals surface area contributed by atoms with Crippen LogP contribution in [-0.2, 0) is 16.2 Å². The molecule has 0 bridgehead atoms. The number of nitrogens with zero attached hydrogens (tertiary/aromatic N) is 1. The lowest BCUT2D eigenvalue weighted by Gasteiger charge is -2.09. The van der Waals surface area contributed by atoms with E-state index in [1.807, 2.05) is 24.3 Å². The van der Waals surface area contributed by atoms with Crippen molar-refractivity contribution in [3.05, 3.63) is 48.2 Å². The van der Waals surface area contributed by atoms with E-state index < -0.39 is 0 Å². The minimum absolute atomic E-state index is 0.0490. The molecule has 0 saturated heterocycles. The van der Waals surface area contributed by atoms with E-state index in [1.54, 1.807) is 18.3 Å². The molecule has 4 rings (SSSR count). The van der Waals surface area contributed by atoms with Crippen molar-refractivity contribution < 1.29 is 14.3 Å². The molecule has 158 valence electrons. The summed E-state index contributed by atoms with van der Waals surface area (Å²) in [7, 11) is 0. The van der Waals surface area contributed by atoms with Gasteiger partial charge in [-0.3, -0.25) is 9.59 Å². The predicted molar refractivity (Wildman–Crippen MR) is 116 cm³/mol. The van der Waals surface area contributed by atoms with Gasteiger partial charge in [0.25, 0.3) is 0 Å². The molecule has 6 heteroatoms. The number of carbonyl (C=O) groups excluding carboxylic acids is 2. The van der Waals surface area contributed by atoms with Crippen LogP contribution in [-0.4, -0.2) is 16.8 Å². The minimum Gasteiger partial charge on any atom is -0.473 e. The molecular weight excluding hydrogens is 378 g/mol. The van der Waals surface area contributed by atoms with Crippen LogP contribution < -0.4 is 15.4 Å². The van der Waals surface area contributed by atoms with Crippen molar-refractivity contribution in [1.82, 2.24) is 4.98 Å². The molecule has 0 radical (unpaired) electrons. The molecular formula is C24H29N3O3. The number of pyridine rings is 1. The van der Waals surface area contributed by atoms with Gasteiger partial charge in [0.2, 0.25) is 17.7 Å². The standard InChI is InChI=1S/C24H29N3O3/c1-23(2)11-18(23)21(28)26-16-7-5-15(6-8-16)14-30-20-10-9-17(13-25-20)27-22(29)19-12-24(19,3)4/h5-10,13,18-19H,11-12,14H2,1-4H3,(H,26,28)(H,27,29). The first kappa shape index (κ1) is 20.4. The van der Waals surface area contributed by atoms with Crippen LogP contribution in [0.5, 0.6) is 5.88 Å². The summed E-state index contributed by atoms with van der Waals surface area (Å²) in [5.41, 5.74) is 2.68. The summed E-state index contributed by atoms with van der Waals surface area (Å²) in [5, 5.41) is 5.88. The highest BCUT2D eigenvalue weighted by Crippen LogP contribution is 2.52. The fourth-order valence-electron chi connectivity index (χ4n) is 3.67. The van der Waals surface area contributed by atoms with Gasteiger partial charge in [-0.15, -0.1) is 0 Å². The lowest BCUT2D eigenvalue weighted by molar-refractivity contribution is -0.118. The Morgan fingerprint density at radius 3 is 1.87 bits per heavy atom. The monoisotopic (exact) mass is 407 g/mol. The van der Waals surface area contributed by atoms with Gasteiger partial charge in [0, 0.05) is 23.6 Å². The zero-order valence-electron chi connectivity index (χ0n) is 18.0. The van der Waals surface area contributed by atoms with Gasteiger partial charge in [-0.25, -0.2) is 4.98 Å². The Morgan fingerprint density at radius 1 is 0.900 bits per heavy atom. The Hall–Kier alpha value is -2.89. The average molecular weight is 408 g/mol. The maximum absolute atomic E-state index is 12.2. The number of benzene rings is 1. The van der Waals surface area contributed by atoms with Gasteiger partial charge in [0.15, 0.2) is 0 Å². The van der Waals surface area contributed by atoms with Gasteiger partial charge in [0.1, 0.15) is 6.61 Å². The summed E-state index contributed by atoms with van der Waals surface area (Å²) in [6.45, 7) is 8.79. The number of rotatable bonds is 7. The largest absolute Gasteiger partial charge is 0.473 e. The van der Waals surface area contributed by atoms with Gasteiger partial charge in [-0.1, -0.05) is 39.8 Å². The molecule has 0 aliphatic heterocycles. The van der Waals surface area contributed by atoms with Gasteiger partial charge in [-0.05, 0) is 47.4 Å². The molecule has 2 aliphatic rings. The molecule has 2 fully saturated rings. The molecule has 2 unspecified atom stereocenters. The third-order valence-electron chi connectivity index (χ3n) is 6.27. The number of nitrogens with one attached hydrogen (secondary N) is 2. The van der Waals surface area contributed by atoms with Crippen LogP contribution in [0.1, 0.15) is 46.1 Å². The fourth-order valence-corrected chi connectivity index (χ4v) is 3.67. The molecule has 0 spiro atoms. The first-order valence-electron chi connectivity index (χ1n) is 10.4. The molecule has 2 aromatic rings. The first-order chi connectivity index (χ1) is 14.1. The summed E-state index contributed by atoms with van der Waals surface area (Å²) in [6.07, 6.45) is 3.48. The Bertz CT molecular complexity index is 869. The topological polar surface area (TPSA) is 80.3 Å². The van der Waals surface area contributed by atoms with Gasteiger partial charge in [-0.2, -0.15) is 0 Å². The van der Waals surface area contributed by atoms with E-state index in [2.05, 4.69) is 43.3 Å². The van der Waals surface area contributed by atoms with Gasteiger partial charge < -0.3 is 15.4 Å². The normalized spacial score (nSPS) is 22.7. The maximum atomic E-state index is 12.2. The summed E-state index contributed by atoms with van der Waals surface area (Å²) < 4.78 is 5.73. The zero-order valence-corrected chi connectivity index (χ0v) is 18.0. The molecule has 1 heterocycles. The smallest absolute Gasteiger partial charge is 0.228 e. The molecule has 2 atom stereocenters. The number of carbonyl (C=O) groups is 2. The Balaban J connectivity index is 1.24. The van der Waals surface area contributed by atoms with E-state index in [4.69, 9.17) is 4.74 Å². The number of anilines is 2. The molecule has 2 saturated carbocycles. The minimum atomic E-state index is 0.0490. The highest BCUT2D eigenvalue weighted by molar-refractivity contribution is 5.95. The highest BCUT2D eigenvalue weighted by atomic mass is 16.5. The van der Waals surface area contributed by atoms with Crippen LogP contribution in [0.2, 0.25) is 0 Å². The van der Waals surface area contributed by atoms with E-state index in [0.29, 0.717) is 18.2 Å². The van der Waals surface area contributed by atoms with Gasteiger partial charge in [0.05, 0.1) is 11.9 Å².